The van der Waals surface area contributed by atoms with Crippen LogP contribution in [0.15, 0.2) is 11.2 Å². The molecule has 0 amide bonds. The zero-order valence-electron chi connectivity index (χ0n) is 10.9. The normalized spacial score (nSPS) is 24.3. The van der Waals surface area contributed by atoms with E-state index in [-0.39, 0.29) is 6.10 Å². The molecular weight excluding hydrogens is 270 g/mol. The highest BCUT2D eigenvalue weighted by atomic mass is 35.5. The Bertz CT molecular complexity index is 418. The highest BCUT2D eigenvalue weighted by Crippen LogP contribution is 2.26. The van der Waals surface area contributed by atoms with Crippen molar-refractivity contribution in [1.29, 1.82) is 0 Å². The Morgan fingerprint density at radius 1 is 1.50 bits per heavy atom. The first-order valence-corrected chi connectivity index (χ1v) is 7.60. The van der Waals surface area contributed by atoms with Crippen molar-refractivity contribution in [3.63, 3.8) is 0 Å². The van der Waals surface area contributed by atoms with Crippen molar-refractivity contribution in [3.05, 3.63) is 11.2 Å². The van der Waals surface area contributed by atoms with Gasteiger partial charge in [-0.25, -0.2) is 9.97 Å². The molecule has 0 aromatic carbocycles. The number of nitrogens with zero attached hydrogens (tertiary/aromatic N) is 3. The van der Waals surface area contributed by atoms with Gasteiger partial charge in [0.25, 0.3) is 0 Å². The highest BCUT2D eigenvalue weighted by Gasteiger charge is 2.27. The van der Waals surface area contributed by atoms with Gasteiger partial charge in [-0.1, -0.05) is 30.3 Å². The maximum absolute atomic E-state index is 6.02. The summed E-state index contributed by atoms with van der Waals surface area (Å²) in [5.41, 5.74) is 0. The third-order valence-corrected chi connectivity index (χ3v) is 4.10. The van der Waals surface area contributed by atoms with Crippen molar-refractivity contribution in [1.82, 2.24) is 9.97 Å². The van der Waals surface area contributed by atoms with E-state index in [1.54, 1.807) is 7.11 Å². The lowest BCUT2D eigenvalue weighted by Crippen LogP contribution is -2.44. The van der Waals surface area contributed by atoms with Gasteiger partial charge in [-0.05, 0) is 18.6 Å². The van der Waals surface area contributed by atoms with Crippen LogP contribution in [0.1, 0.15) is 13.3 Å². The Morgan fingerprint density at radius 3 is 2.94 bits per heavy atom. The van der Waals surface area contributed by atoms with E-state index in [1.807, 2.05) is 12.3 Å². The molecule has 1 aliphatic heterocycles. The minimum absolute atomic E-state index is 0.255. The second-order valence-corrected chi connectivity index (χ2v) is 5.68. The first-order valence-electron chi connectivity index (χ1n) is 6.00. The molecule has 1 aromatic heterocycles. The minimum Gasteiger partial charge on any atom is -0.379 e. The summed E-state index contributed by atoms with van der Waals surface area (Å²) >= 11 is 7.53. The maximum atomic E-state index is 6.02. The van der Waals surface area contributed by atoms with Gasteiger partial charge < -0.3 is 9.64 Å². The van der Waals surface area contributed by atoms with Crippen LogP contribution in [0, 0.1) is 5.92 Å². The van der Waals surface area contributed by atoms with E-state index in [0.717, 1.165) is 25.3 Å². The number of methoxy groups -OCH3 is 1. The van der Waals surface area contributed by atoms with Crippen molar-refractivity contribution < 1.29 is 4.74 Å². The predicted octanol–water partition coefficient (Wildman–Crippen LogP) is 2.71. The molecular formula is C12H18ClN3OS. The summed E-state index contributed by atoms with van der Waals surface area (Å²) in [7, 11) is 1.77. The summed E-state index contributed by atoms with van der Waals surface area (Å²) < 4.78 is 5.52. The lowest BCUT2D eigenvalue weighted by molar-refractivity contribution is 0.0496. The molecule has 0 radical (unpaired) electrons. The van der Waals surface area contributed by atoms with Crippen LogP contribution >= 0.6 is 23.4 Å². The van der Waals surface area contributed by atoms with E-state index in [2.05, 4.69) is 21.8 Å². The lowest BCUT2D eigenvalue weighted by Gasteiger charge is -2.36. The smallest absolute Gasteiger partial charge is 0.190 e. The molecule has 18 heavy (non-hydrogen) atoms. The van der Waals surface area contributed by atoms with Gasteiger partial charge in [0.1, 0.15) is 11.0 Å². The number of halogens is 1. The standard InChI is InChI=1S/C12H18ClN3OS/c1-8-4-5-16(7-9(8)17-2)11-6-10(13)14-12(15-11)18-3/h6,8-9H,4-5,7H2,1-3H3. The van der Waals surface area contributed by atoms with Crippen molar-refractivity contribution in [2.24, 2.45) is 5.92 Å². The fourth-order valence-corrected chi connectivity index (χ4v) is 2.79. The molecule has 1 saturated heterocycles. The summed E-state index contributed by atoms with van der Waals surface area (Å²) in [6, 6.07) is 1.82. The van der Waals surface area contributed by atoms with Gasteiger partial charge in [0.2, 0.25) is 0 Å². The van der Waals surface area contributed by atoms with Gasteiger partial charge >= 0.3 is 0 Å². The number of rotatable bonds is 3. The van der Waals surface area contributed by atoms with Crippen molar-refractivity contribution >= 4 is 29.2 Å². The van der Waals surface area contributed by atoms with Gasteiger partial charge in [0, 0.05) is 26.3 Å². The Balaban J connectivity index is 2.18. The molecule has 6 heteroatoms. The largest absolute Gasteiger partial charge is 0.379 e. The third kappa shape index (κ3) is 3.08. The molecule has 0 saturated carbocycles. The quantitative estimate of drug-likeness (QED) is 0.485. The average Bonchev–Trinajstić information content (AvgIpc) is 2.38. The molecule has 0 aliphatic carbocycles. The van der Waals surface area contributed by atoms with Crippen LogP contribution in [0.3, 0.4) is 0 Å². The summed E-state index contributed by atoms with van der Waals surface area (Å²) in [4.78, 5) is 10.9. The summed E-state index contributed by atoms with van der Waals surface area (Å²) in [6.45, 7) is 4.08. The molecule has 0 bridgehead atoms. The molecule has 4 nitrogen and oxygen atoms in total. The maximum Gasteiger partial charge on any atom is 0.190 e. The Kier molecular flexibility index (Phi) is 4.70. The van der Waals surface area contributed by atoms with Crippen LogP contribution in [0.25, 0.3) is 0 Å². The number of hydrogen-bond acceptors (Lipinski definition) is 5. The van der Waals surface area contributed by atoms with Gasteiger partial charge in [-0.15, -0.1) is 0 Å². The summed E-state index contributed by atoms with van der Waals surface area (Å²) in [5, 5.41) is 1.21. The van der Waals surface area contributed by atoms with Gasteiger partial charge in [-0.2, -0.15) is 0 Å². The van der Waals surface area contributed by atoms with Crippen molar-refractivity contribution in [2.45, 2.75) is 24.6 Å². The number of ether oxygens (including phenoxy) is 1. The van der Waals surface area contributed by atoms with Crippen LogP contribution in [-0.2, 0) is 4.74 Å². The molecule has 0 N–H and O–H groups in total. The zero-order chi connectivity index (χ0) is 13.1. The van der Waals surface area contributed by atoms with Crippen LogP contribution in [0.4, 0.5) is 5.82 Å². The molecule has 0 spiro atoms. The Labute approximate surface area is 117 Å². The van der Waals surface area contributed by atoms with Crippen molar-refractivity contribution in [3.8, 4) is 0 Å². The molecule has 1 fully saturated rings. The van der Waals surface area contributed by atoms with Crippen molar-refractivity contribution in [2.75, 3.05) is 31.4 Å². The van der Waals surface area contributed by atoms with Crippen LogP contribution in [-0.4, -0.2) is 42.5 Å². The van der Waals surface area contributed by atoms with E-state index in [9.17, 15) is 0 Å². The molecule has 2 heterocycles. The molecule has 100 valence electrons. The Hall–Kier alpha value is -0.520. The fraction of sp³-hybridized carbons (Fsp3) is 0.667. The third-order valence-electron chi connectivity index (χ3n) is 3.36. The molecule has 1 aliphatic rings. The van der Waals surface area contributed by atoms with Gasteiger partial charge in [0.15, 0.2) is 5.16 Å². The van der Waals surface area contributed by atoms with Gasteiger partial charge in [0.05, 0.1) is 6.10 Å². The number of anilines is 1. The molecule has 2 atom stereocenters. The molecule has 1 aromatic rings. The number of piperidine rings is 1. The SMILES string of the molecule is COC1CN(c2cc(Cl)nc(SC)n2)CCC1C. The van der Waals surface area contributed by atoms with Crippen LogP contribution < -0.4 is 4.90 Å². The highest BCUT2D eigenvalue weighted by molar-refractivity contribution is 7.98. The monoisotopic (exact) mass is 287 g/mol. The topological polar surface area (TPSA) is 38.2 Å². The second kappa shape index (κ2) is 6.08. The summed E-state index contributed by atoms with van der Waals surface area (Å²) in [5.74, 6) is 1.48. The van der Waals surface area contributed by atoms with Crippen LogP contribution in [0.2, 0.25) is 5.15 Å². The van der Waals surface area contributed by atoms with E-state index in [1.165, 1.54) is 11.8 Å². The molecule has 2 unspecified atom stereocenters. The van der Waals surface area contributed by atoms with Gasteiger partial charge in [-0.3, -0.25) is 0 Å². The van der Waals surface area contributed by atoms with Crippen LogP contribution in [0.5, 0.6) is 0 Å². The number of aromatic nitrogens is 2. The van der Waals surface area contributed by atoms with E-state index < -0.39 is 0 Å². The van der Waals surface area contributed by atoms with E-state index in [0.29, 0.717) is 16.2 Å². The number of hydrogen-bond donors (Lipinski definition) is 0. The fourth-order valence-electron chi connectivity index (χ4n) is 2.19. The zero-order valence-corrected chi connectivity index (χ0v) is 12.5. The predicted molar refractivity (Wildman–Crippen MR) is 75.6 cm³/mol. The number of thioether (sulfide) groups is 1. The minimum atomic E-state index is 0.255. The summed E-state index contributed by atoms with van der Waals surface area (Å²) in [6.07, 6.45) is 3.31. The lowest BCUT2D eigenvalue weighted by atomic mass is 9.96. The molecule has 2 rings (SSSR count). The first-order chi connectivity index (χ1) is 8.63. The van der Waals surface area contributed by atoms with E-state index in [4.69, 9.17) is 16.3 Å². The second-order valence-electron chi connectivity index (χ2n) is 4.52. The first kappa shape index (κ1) is 13.9. The average molecular weight is 288 g/mol. The van der Waals surface area contributed by atoms with E-state index >= 15 is 0 Å². The Morgan fingerprint density at radius 2 is 2.28 bits per heavy atom.